The number of nitriles is 1. The molecule has 2 aromatic rings. The number of rotatable bonds is 13. The number of ether oxygens (including phenoxy) is 4. The largest absolute Gasteiger partial charge is 0.497 e. The second-order valence-electron chi connectivity index (χ2n) is 8.72. The van der Waals surface area contributed by atoms with Crippen molar-refractivity contribution >= 4 is 0 Å². The van der Waals surface area contributed by atoms with E-state index >= 15 is 0 Å². The lowest BCUT2D eigenvalue weighted by atomic mass is 9.69. The van der Waals surface area contributed by atoms with Crippen LogP contribution in [0.5, 0.6) is 23.0 Å². The van der Waals surface area contributed by atoms with Gasteiger partial charge in [0.1, 0.15) is 23.0 Å². The van der Waals surface area contributed by atoms with Gasteiger partial charge < -0.3 is 23.8 Å². The van der Waals surface area contributed by atoms with E-state index in [1.54, 1.807) is 28.4 Å². The van der Waals surface area contributed by atoms with Crippen LogP contribution in [0.15, 0.2) is 36.4 Å². The average Bonchev–Trinajstić information content (AvgIpc) is 2.84. The predicted molar refractivity (Wildman–Crippen MR) is 132 cm³/mol. The van der Waals surface area contributed by atoms with Gasteiger partial charge in [0.15, 0.2) is 0 Å². The van der Waals surface area contributed by atoms with Crippen molar-refractivity contribution in [3.8, 4) is 29.1 Å². The maximum absolute atomic E-state index is 10.3. The summed E-state index contributed by atoms with van der Waals surface area (Å²) in [5.74, 6) is 3.16. The fourth-order valence-corrected chi connectivity index (χ4v) is 4.15. The summed E-state index contributed by atoms with van der Waals surface area (Å²) in [5.41, 5.74) is 1.51. The Labute approximate surface area is 199 Å². The van der Waals surface area contributed by atoms with Gasteiger partial charge in [0.2, 0.25) is 0 Å². The number of hydrogen-bond donors (Lipinski definition) is 0. The van der Waals surface area contributed by atoms with E-state index in [0.29, 0.717) is 11.5 Å². The van der Waals surface area contributed by atoms with E-state index in [4.69, 9.17) is 18.9 Å². The number of methoxy groups -OCH3 is 4. The normalized spacial score (nSPS) is 12.8. The van der Waals surface area contributed by atoms with Gasteiger partial charge in [-0.2, -0.15) is 5.26 Å². The number of benzene rings is 2. The zero-order chi connectivity index (χ0) is 24.4. The van der Waals surface area contributed by atoms with Crippen molar-refractivity contribution in [2.75, 3.05) is 48.6 Å². The summed E-state index contributed by atoms with van der Waals surface area (Å²) in [6, 6.07) is 14.4. The first kappa shape index (κ1) is 26.3. The SMILES string of the molecule is COc1cc(CCN(C)CCCC(C#N)(c2cc(OC)cc(OC)c2)C(C)C)cc(OC)c1. The number of nitrogens with zero attached hydrogens (tertiary/aromatic N) is 2. The lowest BCUT2D eigenvalue weighted by Crippen LogP contribution is -2.32. The Hall–Kier alpha value is -2.91. The van der Waals surface area contributed by atoms with Crippen molar-refractivity contribution in [2.24, 2.45) is 5.92 Å². The van der Waals surface area contributed by atoms with Crippen LogP contribution in [0.2, 0.25) is 0 Å². The Morgan fingerprint density at radius 1 is 0.818 bits per heavy atom. The summed E-state index contributed by atoms with van der Waals surface area (Å²) in [6.07, 6.45) is 2.56. The summed E-state index contributed by atoms with van der Waals surface area (Å²) in [5, 5.41) is 10.3. The molecule has 0 amide bonds. The monoisotopic (exact) mass is 454 g/mol. The van der Waals surface area contributed by atoms with Crippen LogP contribution >= 0.6 is 0 Å². The molecule has 0 aromatic heterocycles. The van der Waals surface area contributed by atoms with Crippen LogP contribution in [0.25, 0.3) is 0 Å². The molecule has 2 aromatic carbocycles. The molecule has 0 aliphatic carbocycles. The molecule has 6 nitrogen and oxygen atoms in total. The minimum atomic E-state index is -0.608. The minimum absolute atomic E-state index is 0.147. The lowest BCUT2D eigenvalue weighted by molar-refractivity contribution is 0.292. The van der Waals surface area contributed by atoms with E-state index in [1.807, 2.05) is 36.4 Å². The Bertz CT molecular complexity index is 894. The molecule has 0 aliphatic rings. The molecule has 0 spiro atoms. The maximum Gasteiger partial charge on any atom is 0.122 e. The van der Waals surface area contributed by atoms with Gasteiger partial charge in [0.05, 0.1) is 39.9 Å². The molecule has 0 bridgehead atoms. The minimum Gasteiger partial charge on any atom is -0.497 e. The van der Waals surface area contributed by atoms with Gasteiger partial charge in [-0.1, -0.05) is 13.8 Å². The topological polar surface area (TPSA) is 64.0 Å². The molecule has 0 saturated carbocycles. The second kappa shape index (κ2) is 12.4. The molecule has 0 fully saturated rings. The van der Waals surface area contributed by atoms with E-state index in [2.05, 4.69) is 31.9 Å². The second-order valence-corrected chi connectivity index (χ2v) is 8.72. The van der Waals surface area contributed by atoms with Crippen molar-refractivity contribution in [3.63, 3.8) is 0 Å². The number of likely N-dealkylation sites (N-methyl/N-ethyl adjacent to an activating group) is 1. The molecule has 0 aliphatic heterocycles. The van der Waals surface area contributed by atoms with Gasteiger partial charge in [-0.3, -0.25) is 0 Å². The van der Waals surface area contributed by atoms with Gasteiger partial charge in [-0.05, 0) is 74.2 Å². The quantitative estimate of drug-likeness (QED) is 0.420. The standard InChI is InChI=1S/C27H38N2O4/c1-20(2)27(19-28,22-15-25(32-6)18-26(16-22)33-7)10-8-11-29(3)12-9-21-13-23(30-4)17-24(14-21)31-5/h13-18,20H,8-12H2,1-7H3. The molecule has 0 radical (unpaired) electrons. The highest BCUT2D eigenvalue weighted by Crippen LogP contribution is 2.40. The molecule has 2 rings (SSSR count). The lowest BCUT2D eigenvalue weighted by Gasteiger charge is -2.32. The van der Waals surface area contributed by atoms with Crippen LogP contribution in [0, 0.1) is 17.2 Å². The van der Waals surface area contributed by atoms with E-state index in [1.165, 1.54) is 5.56 Å². The van der Waals surface area contributed by atoms with Crippen LogP contribution in [-0.4, -0.2) is 53.5 Å². The molecule has 0 N–H and O–H groups in total. The van der Waals surface area contributed by atoms with Crippen molar-refractivity contribution < 1.29 is 18.9 Å². The molecule has 0 saturated heterocycles. The van der Waals surface area contributed by atoms with Crippen LogP contribution in [-0.2, 0) is 11.8 Å². The highest BCUT2D eigenvalue weighted by molar-refractivity contribution is 5.45. The van der Waals surface area contributed by atoms with Crippen molar-refractivity contribution in [2.45, 2.75) is 38.5 Å². The first-order valence-corrected chi connectivity index (χ1v) is 11.4. The van der Waals surface area contributed by atoms with Gasteiger partial charge in [0, 0.05) is 18.7 Å². The van der Waals surface area contributed by atoms with E-state index in [-0.39, 0.29) is 5.92 Å². The van der Waals surface area contributed by atoms with Crippen molar-refractivity contribution in [1.29, 1.82) is 5.26 Å². The Balaban J connectivity index is 2.06. The Morgan fingerprint density at radius 3 is 1.73 bits per heavy atom. The zero-order valence-electron chi connectivity index (χ0n) is 21.1. The maximum atomic E-state index is 10.3. The van der Waals surface area contributed by atoms with E-state index < -0.39 is 5.41 Å². The third kappa shape index (κ3) is 6.79. The Morgan fingerprint density at radius 2 is 1.30 bits per heavy atom. The molecule has 180 valence electrons. The highest BCUT2D eigenvalue weighted by atomic mass is 16.5. The van der Waals surface area contributed by atoms with Crippen LogP contribution < -0.4 is 18.9 Å². The summed E-state index contributed by atoms with van der Waals surface area (Å²) in [4.78, 5) is 2.31. The fourth-order valence-electron chi connectivity index (χ4n) is 4.15. The van der Waals surface area contributed by atoms with E-state index in [0.717, 1.165) is 49.4 Å². The van der Waals surface area contributed by atoms with Crippen LogP contribution in [0.1, 0.15) is 37.8 Å². The third-order valence-electron chi connectivity index (χ3n) is 6.36. The zero-order valence-corrected chi connectivity index (χ0v) is 21.1. The Kier molecular flexibility index (Phi) is 9.87. The molecule has 6 heteroatoms. The van der Waals surface area contributed by atoms with Crippen molar-refractivity contribution in [3.05, 3.63) is 47.5 Å². The third-order valence-corrected chi connectivity index (χ3v) is 6.36. The summed E-state index contributed by atoms with van der Waals surface area (Å²) >= 11 is 0. The first-order valence-electron chi connectivity index (χ1n) is 11.4. The summed E-state index contributed by atoms with van der Waals surface area (Å²) < 4.78 is 21.7. The van der Waals surface area contributed by atoms with Gasteiger partial charge in [0.25, 0.3) is 0 Å². The summed E-state index contributed by atoms with van der Waals surface area (Å²) in [6.45, 7) is 6.02. The highest BCUT2D eigenvalue weighted by Gasteiger charge is 2.36. The molecule has 33 heavy (non-hydrogen) atoms. The van der Waals surface area contributed by atoms with Gasteiger partial charge in [-0.25, -0.2) is 0 Å². The van der Waals surface area contributed by atoms with Crippen LogP contribution in [0.3, 0.4) is 0 Å². The molecule has 1 atom stereocenters. The predicted octanol–water partition coefficient (Wildman–Crippen LogP) is 5.09. The van der Waals surface area contributed by atoms with Gasteiger partial charge >= 0.3 is 0 Å². The molecular weight excluding hydrogens is 416 g/mol. The molecular formula is C27H38N2O4. The first-order chi connectivity index (χ1) is 15.8. The van der Waals surface area contributed by atoms with Crippen LogP contribution in [0.4, 0.5) is 0 Å². The summed E-state index contributed by atoms with van der Waals surface area (Å²) in [7, 11) is 8.72. The van der Waals surface area contributed by atoms with Gasteiger partial charge in [-0.15, -0.1) is 0 Å². The number of hydrogen-bond acceptors (Lipinski definition) is 6. The van der Waals surface area contributed by atoms with Crippen molar-refractivity contribution in [1.82, 2.24) is 4.90 Å². The molecule has 1 unspecified atom stereocenters. The smallest absolute Gasteiger partial charge is 0.122 e. The fraction of sp³-hybridized carbons (Fsp3) is 0.519. The van der Waals surface area contributed by atoms with E-state index in [9.17, 15) is 5.26 Å². The molecule has 0 heterocycles. The average molecular weight is 455 g/mol.